The molecule has 3 heteroatoms. The Morgan fingerprint density at radius 1 is 0.615 bits per heavy atom. The number of aromatic nitrogens is 3. The zero-order chi connectivity index (χ0) is 26.1. The van der Waals surface area contributed by atoms with E-state index in [2.05, 4.69) is 138 Å². The normalized spacial score (nSPS) is 12.5. The second-order valence-electron chi connectivity index (χ2n) is 10.1. The number of pyridine rings is 1. The Labute approximate surface area is 224 Å². The van der Waals surface area contributed by atoms with Crippen LogP contribution in [0.5, 0.6) is 0 Å². The van der Waals surface area contributed by atoms with E-state index in [1.165, 1.54) is 21.7 Å². The average Bonchev–Trinajstić information content (AvgIpc) is 3.50. The van der Waals surface area contributed by atoms with Crippen LogP contribution in [-0.4, -0.2) is 13.8 Å². The van der Waals surface area contributed by atoms with Crippen LogP contribution in [0.25, 0.3) is 78.1 Å². The van der Waals surface area contributed by atoms with Crippen LogP contribution in [0.4, 0.5) is 0 Å². The molecular weight excluding hydrogens is 474 g/mol. The molecule has 39 heavy (non-hydrogen) atoms. The summed E-state index contributed by atoms with van der Waals surface area (Å²) in [5, 5.41) is 9.01. The van der Waals surface area contributed by atoms with E-state index in [1.54, 1.807) is 0 Å². The largest absolute Gasteiger partial charge is 0.307 e. The Kier molecular flexibility index (Phi) is 4.59. The predicted molar refractivity (Wildman–Crippen MR) is 166 cm³/mol. The number of nitrogens with zero attached hydrogens (tertiary/aromatic N) is 3. The van der Waals surface area contributed by atoms with Gasteiger partial charge in [0.1, 0.15) is 0 Å². The minimum atomic E-state index is 0.973. The second kappa shape index (κ2) is 8.17. The standard InChI is InChI=1S/C36H25N3/c1-3-27-18-15-23(2)25-9-8-10-26(21-25)24-16-19-28(20-17-24)39-32-13-6-4-11-29(32)31-22-37-34-30-12-5-7-14-33(30)38(27)36(34)35(31)39/h3-22H,2H2,1H3/b18-15?,27-3+. The maximum Gasteiger partial charge on any atom is 0.0985 e. The molecule has 0 radical (unpaired) electrons. The highest BCUT2D eigenvalue weighted by atomic mass is 15.0. The van der Waals surface area contributed by atoms with Crippen LogP contribution in [0.15, 0.2) is 115 Å². The van der Waals surface area contributed by atoms with E-state index in [-0.39, 0.29) is 0 Å². The summed E-state index contributed by atoms with van der Waals surface area (Å²) >= 11 is 0. The van der Waals surface area contributed by atoms with E-state index in [4.69, 9.17) is 4.98 Å². The Hall–Kier alpha value is -5.15. The summed E-state index contributed by atoms with van der Waals surface area (Å²) < 4.78 is 4.77. The number of hydrogen-bond acceptors (Lipinski definition) is 1. The van der Waals surface area contributed by atoms with Crippen molar-refractivity contribution in [3.05, 3.63) is 126 Å². The van der Waals surface area contributed by atoms with Gasteiger partial charge in [0.15, 0.2) is 0 Å². The molecule has 0 unspecified atom stereocenters. The van der Waals surface area contributed by atoms with Crippen LogP contribution in [0.2, 0.25) is 0 Å². The SMILES string of the molecule is C=c1cc/c(=C\C)n2c3ccccc3c3ncc4c5ccccc5n(c5ccc(cc5)c5cccc1c5)c4c32. The van der Waals surface area contributed by atoms with Crippen molar-refractivity contribution in [1.29, 1.82) is 0 Å². The van der Waals surface area contributed by atoms with Gasteiger partial charge in [-0.1, -0.05) is 85.5 Å². The Morgan fingerprint density at radius 2 is 1.33 bits per heavy atom. The number of rotatable bonds is 0. The van der Waals surface area contributed by atoms with E-state index in [1.807, 2.05) is 6.20 Å². The molecule has 0 aliphatic rings. The molecule has 5 aromatic heterocycles. The van der Waals surface area contributed by atoms with Crippen molar-refractivity contribution < 1.29 is 0 Å². The van der Waals surface area contributed by atoms with Gasteiger partial charge >= 0.3 is 0 Å². The van der Waals surface area contributed by atoms with E-state index < -0.39 is 0 Å². The summed E-state index contributed by atoms with van der Waals surface area (Å²) in [5.41, 5.74) is 6.70. The molecule has 9 rings (SSSR count). The molecule has 0 aliphatic carbocycles. The van der Waals surface area contributed by atoms with Gasteiger partial charge in [-0.25, -0.2) is 0 Å². The summed E-state index contributed by atoms with van der Waals surface area (Å²) in [4.78, 5) is 5.08. The summed E-state index contributed by atoms with van der Waals surface area (Å²) in [7, 11) is 0. The van der Waals surface area contributed by atoms with Crippen LogP contribution in [0.3, 0.4) is 0 Å². The minimum Gasteiger partial charge on any atom is -0.307 e. The topological polar surface area (TPSA) is 21.7 Å². The highest BCUT2D eigenvalue weighted by Gasteiger charge is 2.18. The van der Waals surface area contributed by atoms with Crippen LogP contribution < -0.4 is 10.6 Å². The van der Waals surface area contributed by atoms with Gasteiger partial charge in [0.25, 0.3) is 0 Å². The first-order valence-electron chi connectivity index (χ1n) is 13.3. The van der Waals surface area contributed by atoms with Crippen molar-refractivity contribution in [2.75, 3.05) is 0 Å². The van der Waals surface area contributed by atoms with E-state index >= 15 is 0 Å². The van der Waals surface area contributed by atoms with Crippen LogP contribution in [0, 0.1) is 0 Å². The lowest BCUT2D eigenvalue weighted by atomic mass is 10.1. The highest BCUT2D eigenvalue weighted by Crippen LogP contribution is 2.36. The molecule has 0 saturated heterocycles. The predicted octanol–water partition coefficient (Wildman–Crippen LogP) is 7.69. The van der Waals surface area contributed by atoms with Crippen LogP contribution >= 0.6 is 0 Å². The maximum atomic E-state index is 5.08. The number of benzene rings is 4. The lowest BCUT2D eigenvalue weighted by Crippen LogP contribution is -2.11. The summed E-state index contributed by atoms with van der Waals surface area (Å²) in [6.07, 6.45) is 4.22. The number of fused-ring (bicyclic) bond motifs is 9. The molecule has 9 aromatic rings. The Bertz CT molecular complexity index is 2460. The van der Waals surface area contributed by atoms with Crippen molar-refractivity contribution in [3.63, 3.8) is 0 Å². The molecule has 0 saturated carbocycles. The van der Waals surface area contributed by atoms with Gasteiger partial charge in [-0.15, -0.1) is 0 Å². The third kappa shape index (κ3) is 3.07. The molecule has 3 nitrogen and oxygen atoms in total. The Balaban J connectivity index is 1.80. The Morgan fingerprint density at radius 3 is 2.13 bits per heavy atom. The van der Waals surface area contributed by atoms with Crippen LogP contribution in [0.1, 0.15) is 6.92 Å². The van der Waals surface area contributed by atoms with Crippen molar-refractivity contribution in [2.24, 2.45) is 0 Å². The first-order valence-corrected chi connectivity index (χ1v) is 13.3. The van der Waals surface area contributed by atoms with Gasteiger partial charge in [0.2, 0.25) is 0 Å². The second-order valence-corrected chi connectivity index (χ2v) is 10.1. The quantitative estimate of drug-likeness (QED) is 0.210. The lowest BCUT2D eigenvalue weighted by Gasteiger charge is -2.04. The molecule has 4 bridgehead atoms. The third-order valence-corrected chi connectivity index (χ3v) is 8.01. The van der Waals surface area contributed by atoms with E-state index in [0.717, 1.165) is 54.3 Å². The molecule has 0 spiro atoms. The van der Waals surface area contributed by atoms with Crippen molar-refractivity contribution >= 4 is 78.1 Å². The minimum absolute atomic E-state index is 0.973. The smallest absolute Gasteiger partial charge is 0.0985 e. The molecule has 0 N–H and O–H groups in total. The third-order valence-electron chi connectivity index (χ3n) is 8.01. The zero-order valence-electron chi connectivity index (χ0n) is 21.6. The van der Waals surface area contributed by atoms with Gasteiger partial charge in [-0.2, -0.15) is 0 Å². The van der Waals surface area contributed by atoms with Crippen molar-refractivity contribution in [1.82, 2.24) is 13.8 Å². The molecule has 5 heterocycles. The number of hydrogen-bond donors (Lipinski definition) is 0. The molecule has 4 aromatic carbocycles. The van der Waals surface area contributed by atoms with Gasteiger partial charge in [0.05, 0.1) is 27.6 Å². The van der Waals surface area contributed by atoms with Crippen molar-refractivity contribution in [2.45, 2.75) is 6.92 Å². The molecular formula is C36H25N3. The summed E-state index contributed by atoms with van der Waals surface area (Å²) in [6.45, 7) is 6.52. The highest BCUT2D eigenvalue weighted by molar-refractivity contribution is 6.21. The average molecular weight is 500 g/mol. The molecule has 184 valence electrons. The monoisotopic (exact) mass is 499 g/mol. The summed E-state index contributed by atoms with van der Waals surface area (Å²) in [6, 6.07) is 39.0. The van der Waals surface area contributed by atoms with Gasteiger partial charge in [-0.05, 0) is 64.7 Å². The van der Waals surface area contributed by atoms with Crippen LogP contribution in [-0.2, 0) is 0 Å². The molecule has 0 fully saturated rings. The molecule has 0 amide bonds. The van der Waals surface area contributed by atoms with Gasteiger partial charge < -0.3 is 8.80 Å². The van der Waals surface area contributed by atoms with E-state index in [9.17, 15) is 0 Å². The number of para-hydroxylation sites is 2. The van der Waals surface area contributed by atoms with Gasteiger partial charge in [-0.3, -0.25) is 4.98 Å². The zero-order valence-corrected chi connectivity index (χ0v) is 21.6. The first-order chi connectivity index (χ1) is 19.2. The fourth-order valence-electron chi connectivity index (χ4n) is 6.15. The molecule has 0 aliphatic heterocycles. The first kappa shape index (κ1) is 21.9. The van der Waals surface area contributed by atoms with Gasteiger partial charge in [0, 0.05) is 33.2 Å². The fraction of sp³-hybridized carbons (Fsp3) is 0.0278. The molecule has 0 atom stereocenters. The fourth-order valence-corrected chi connectivity index (χ4v) is 6.15. The maximum absolute atomic E-state index is 5.08. The van der Waals surface area contributed by atoms with Crippen molar-refractivity contribution in [3.8, 4) is 0 Å². The summed E-state index contributed by atoms with van der Waals surface area (Å²) in [5.74, 6) is 0. The lowest BCUT2D eigenvalue weighted by molar-refractivity contribution is 1.19. The van der Waals surface area contributed by atoms with E-state index in [0.29, 0.717) is 0 Å².